The number of benzene rings is 10. The van der Waals surface area contributed by atoms with Crippen LogP contribution in [-0.4, -0.2) is 6.04 Å². The number of anilines is 2. The Morgan fingerprint density at radius 3 is 1.34 bits per heavy atom. The Kier molecular flexibility index (Phi) is 10.0. The molecule has 5 aliphatic carbocycles. The van der Waals surface area contributed by atoms with Gasteiger partial charge in [0.2, 0.25) is 0 Å². The Labute approximate surface area is 436 Å². The first-order valence-electron chi connectivity index (χ1n) is 26.7. The molecular formula is C73H57N. The monoisotopic (exact) mass is 947 g/mol. The normalized spacial score (nSPS) is 16.7. The number of hydrogen-bond donors (Lipinski definition) is 0. The third kappa shape index (κ3) is 5.87. The summed E-state index contributed by atoms with van der Waals surface area (Å²) in [7, 11) is 0. The molecular weight excluding hydrogens is 891 g/mol. The number of allylic oxidation sites excluding steroid dienone is 2. The summed E-state index contributed by atoms with van der Waals surface area (Å²) in [5, 5.41) is 0. The molecule has 74 heavy (non-hydrogen) atoms. The molecule has 0 fully saturated rings. The molecule has 0 radical (unpaired) electrons. The summed E-state index contributed by atoms with van der Waals surface area (Å²) in [6, 6.07) is 92.3. The summed E-state index contributed by atoms with van der Waals surface area (Å²) < 4.78 is 0. The van der Waals surface area contributed by atoms with E-state index in [1.807, 2.05) is 13.8 Å². The summed E-state index contributed by atoms with van der Waals surface area (Å²) in [5.41, 5.74) is 27.4. The van der Waals surface area contributed by atoms with Crippen molar-refractivity contribution in [3.8, 4) is 55.6 Å². The minimum atomic E-state index is -0.631. The predicted molar refractivity (Wildman–Crippen MR) is 309 cm³/mol. The van der Waals surface area contributed by atoms with Crippen molar-refractivity contribution in [2.75, 3.05) is 4.90 Å². The van der Waals surface area contributed by atoms with Crippen LogP contribution in [0.25, 0.3) is 55.6 Å². The highest BCUT2D eigenvalue weighted by Gasteiger charge is 2.61. The average Bonchev–Trinajstić information content (AvgIpc) is 4.03. The molecule has 1 unspecified atom stereocenters. The Morgan fingerprint density at radius 1 is 0.351 bits per heavy atom. The van der Waals surface area contributed by atoms with Gasteiger partial charge in [-0.15, -0.1) is 0 Å². The number of rotatable bonds is 5. The van der Waals surface area contributed by atoms with Crippen LogP contribution in [0.15, 0.2) is 266 Å². The van der Waals surface area contributed by atoms with Crippen LogP contribution in [0.5, 0.6) is 0 Å². The van der Waals surface area contributed by atoms with E-state index in [1.165, 1.54) is 123 Å². The molecule has 1 nitrogen and oxygen atoms in total. The van der Waals surface area contributed by atoms with Crippen molar-refractivity contribution in [2.45, 2.75) is 56.4 Å². The zero-order valence-corrected chi connectivity index (χ0v) is 42.5. The van der Waals surface area contributed by atoms with Gasteiger partial charge in [-0.1, -0.05) is 258 Å². The molecule has 0 aromatic heterocycles. The highest BCUT2D eigenvalue weighted by molar-refractivity contribution is 5.96. The molecule has 5 aliphatic rings. The molecule has 0 saturated carbocycles. The maximum absolute atomic E-state index is 2.79. The van der Waals surface area contributed by atoms with Crippen molar-refractivity contribution in [3.05, 3.63) is 310 Å². The van der Waals surface area contributed by atoms with Crippen LogP contribution in [0, 0.1) is 0 Å². The fraction of sp³-hybridized carbons (Fsp3) is 0.123. The highest BCUT2D eigenvalue weighted by atomic mass is 15.2. The second kappa shape index (κ2) is 16.8. The van der Waals surface area contributed by atoms with E-state index < -0.39 is 10.8 Å². The summed E-state index contributed by atoms with van der Waals surface area (Å²) in [5.74, 6) is 0. The van der Waals surface area contributed by atoms with Gasteiger partial charge in [-0.3, -0.25) is 0 Å². The molecule has 1 atom stereocenters. The lowest BCUT2D eigenvalue weighted by Gasteiger charge is -2.54. The van der Waals surface area contributed by atoms with E-state index in [0.717, 1.165) is 6.42 Å². The van der Waals surface area contributed by atoms with E-state index in [4.69, 9.17) is 0 Å². The predicted octanol–water partition coefficient (Wildman–Crippen LogP) is 18.5. The Hall–Kier alpha value is -8.52. The molecule has 15 rings (SSSR count). The second-order valence-corrected chi connectivity index (χ2v) is 20.9. The third-order valence-corrected chi connectivity index (χ3v) is 17.3. The number of hydrogen-bond acceptors (Lipinski definition) is 1. The van der Waals surface area contributed by atoms with Crippen LogP contribution < -0.4 is 4.90 Å². The first kappa shape index (κ1) is 44.2. The standard InChI is InChI=1S/C71H51N.C2H6/c1-69(2)57-31-14-9-26-50(57)55-42-41-49(45-65(55)69)72(66-43-40-48(46-22-5-3-6-23-46)44-56(66)47-24-7-4-8-25-47)67-39-21-38-64-68(67)71(60-34-17-12-29-53(60)54-30-13-18-35-61(54)71)63-37-20-19-36-62(63)70(64)58-32-15-10-27-51(58)52-28-11-16-33-59(52)70;1-2/h3-38,40-45,67H,39H2,1-2H3;1-2H3. The van der Waals surface area contributed by atoms with E-state index in [9.17, 15) is 0 Å². The maximum Gasteiger partial charge on any atom is 0.0717 e. The second-order valence-electron chi connectivity index (χ2n) is 20.9. The van der Waals surface area contributed by atoms with Crippen LogP contribution in [-0.2, 0) is 16.2 Å². The number of nitrogens with zero attached hydrogens (tertiary/aromatic N) is 1. The maximum atomic E-state index is 2.79. The topological polar surface area (TPSA) is 3.24 Å². The Bertz CT molecular complexity index is 3850. The molecule has 0 heterocycles. The molecule has 0 bridgehead atoms. The van der Waals surface area contributed by atoms with Gasteiger partial charge in [0.15, 0.2) is 0 Å². The first-order chi connectivity index (χ1) is 36.5. The summed E-state index contributed by atoms with van der Waals surface area (Å²) in [6.45, 7) is 8.83. The lowest BCUT2D eigenvalue weighted by atomic mass is 9.50. The van der Waals surface area contributed by atoms with Crippen molar-refractivity contribution in [2.24, 2.45) is 0 Å². The molecule has 0 amide bonds. The summed E-state index contributed by atoms with van der Waals surface area (Å²) in [6.07, 6.45) is 5.88. The molecule has 0 saturated heterocycles. The van der Waals surface area contributed by atoms with Gasteiger partial charge < -0.3 is 4.90 Å². The van der Waals surface area contributed by atoms with Crippen molar-refractivity contribution < 1.29 is 0 Å². The van der Waals surface area contributed by atoms with Crippen molar-refractivity contribution in [1.29, 1.82) is 0 Å². The van der Waals surface area contributed by atoms with Crippen LogP contribution in [0.4, 0.5) is 11.4 Å². The average molecular weight is 948 g/mol. The van der Waals surface area contributed by atoms with E-state index in [1.54, 1.807) is 0 Å². The van der Waals surface area contributed by atoms with Crippen LogP contribution in [0.1, 0.15) is 78.6 Å². The Balaban J connectivity index is 0.00000249. The largest absolute Gasteiger partial charge is 0.333 e. The molecule has 10 aromatic carbocycles. The van der Waals surface area contributed by atoms with Gasteiger partial charge in [0.1, 0.15) is 0 Å². The van der Waals surface area contributed by atoms with Gasteiger partial charge in [-0.25, -0.2) is 0 Å². The van der Waals surface area contributed by atoms with Gasteiger partial charge in [-0.05, 0) is 136 Å². The van der Waals surface area contributed by atoms with Gasteiger partial charge in [0, 0.05) is 22.4 Å². The molecule has 2 spiro atoms. The quantitative estimate of drug-likeness (QED) is 0.166. The van der Waals surface area contributed by atoms with E-state index >= 15 is 0 Å². The van der Waals surface area contributed by atoms with Gasteiger partial charge in [0.05, 0.1) is 16.9 Å². The van der Waals surface area contributed by atoms with Crippen LogP contribution in [0.3, 0.4) is 0 Å². The van der Waals surface area contributed by atoms with E-state index in [-0.39, 0.29) is 11.5 Å². The minimum absolute atomic E-state index is 0.135. The molecule has 0 N–H and O–H groups in total. The Morgan fingerprint density at radius 2 is 0.784 bits per heavy atom. The molecule has 10 aromatic rings. The zero-order valence-electron chi connectivity index (χ0n) is 42.5. The van der Waals surface area contributed by atoms with E-state index in [0.29, 0.717) is 0 Å². The minimum Gasteiger partial charge on any atom is -0.333 e. The molecule has 354 valence electrons. The SMILES string of the molecule is CC.CC1(C)c2ccccc2-c2ccc(N(c3ccc(-c4ccccc4)cc3-c3ccccc3)C3CC=CC4=C3C3(c5ccccc5-c5ccccc53)c3ccccc3C43c4ccccc4-c4ccccc43)cc21. The third-order valence-electron chi connectivity index (χ3n) is 17.3. The smallest absolute Gasteiger partial charge is 0.0717 e. The molecule has 0 aliphatic heterocycles. The lowest BCUT2D eigenvalue weighted by Crippen LogP contribution is -2.51. The van der Waals surface area contributed by atoms with Crippen molar-refractivity contribution >= 4 is 11.4 Å². The summed E-state index contributed by atoms with van der Waals surface area (Å²) >= 11 is 0. The first-order valence-corrected chi connectivity index (χ1v) is 26.7. The number of fused-ring (bicyclic) bond motifs is 18. The fourth-order valence-corrected chi connectivity index (χ4v) is 14.5. The lowest BCUT2D eigenvalue weighted by molar-refractivity contribution is 0.549. The van der Waals surface area contributed by atoms with Gasteiger partial charge in [-0.2, -0.15) is 0 Å². The van der Waals surface area contributed by atoms with Crippen molar-refractivity contribution in [3.63, 3.8) is 0 Å². The highest BCUT2D eigenvalue weighted by Crippen LogP contribution is 2.69. The van der Waals surface area contributed by atoms with Gasteiger partial charge >= 0.3 is 0 Å². The zero-order chi connectivity index (χ0) is 49.8. The van der Waals surface area contributed by atoms with Crippen molar-refractivity contribution in [1.82, 2.24) is 0 Å². The van der Waals surface area contributed by atoms with E-state index in [2.05, 4.69) is 274 Å². The molecule has 1 heteroatoms. The van der Waals surface area contributed by atoms with Crippen LogP contribution >= 0.6 is 0 Å². The van der Waals surface area contributed by atoms with Gasteiger partial charge in [0.25, 0.3) is 0 Å². The summed E-state index contributed by atoms with van der Waals surface area (Å²) in [4.78, 5) is 2.79. The fourth-order valence-electron chi connectivity index (χ4n) is 14.5. The van der Waals surface area contributed by atoms with Crippen LogP contribution in [0.2, 0.25) is 0 Å².